The van der Waals surface area contributed by atoms with E-state index < -0.39 is 0 Å². The fourth-order valence-corrected chi connectivity index (χ4v) is 2.76. The Hall–Kier alpha value is -1.34. The van der Waals surface area contributed by atoms with Crippen LogP contribution in [-0.2, 0) is 5.41 Å². The first-order valence-electron chi connectivity index (χ1n) is 6.85. The fraction of sp³-hybridized carbons (Fsp3) is 0.263. The molecule has 0 heterocycles. The number of hydrogen-bond acceptors (Lipinski definition) is 0. The maximum atomic E-state index is 3.97. The molecule has 2 rings (SSSR count). The van der Waals surface area contributed by atoms with E-state index in [1.165, 1.54) is 22.3 Å². The summed E-state index contributed by atoms with van der Waals surface area (Å²) in [5.41, 5.74) is 6.25. The van der Waals surface area contributed by atoms with Crippen molar-refractivity contribution in [2.24, 2.45) is 0 Å². The van der Waals surface area contributed by atoms with Gasteiger partial charge in [0, 0.05) is 4.47 Å². The summed E-state index contributed by atoms with van der Waals surface area (Å²) in [6.45, 7) is 12.7. The van der Waals surface area contributed by atoms with Crippen molar-refractivity contribution in [1.82, 2.24) is 0 Å². The molecule has 0 aromatic heterocycles. The lowest BCUT2D eigenvalue weighted by atomic mass is 9.86. The van der Waals surface area contributed by atoms with Crippen molar-refractivity contribution in [3.63, 3.8) is 0 Å². The van der Waals surface area contributed by atoms with Gasteiger partial charge < -0.3 is 0 Å². The standard InChI is InChI=1S/C19H21Br/c1-13(2)14-6-8-15(9-7-14)17-11-10-16(12-18(17)20)19(3,4)5/h6-12H,1H2,2-5H3. The van der Waals surface area contributed by atoms with Gasteiger partial charge >= 0.3 is 0 Å². The van der Waals surface area contributed by atoms with Crippen molar-refractivity contribution >= 4 is 21.5 Å². The van der Waals surface area contributed by atoms with E-state index in [1.807, 2.05) is 6.92 Å². The predicted octanol–water partition coefficient (Wildman–Crippen LogP) is 6.45. The van der Waals surface area contributed by atoms with Crippen LogP contribution in [0.15, 0.2) is 53.5 Å². The molecule has 0 bridgehead atoms. The third-order valence-electron chi connectivity index (χ3n) is 3.52. The van der Waals surface area contributed by atoms with Gasteiger partial charge in [0.2, 0.25) is 0 Å². The van der Waals surface area contributed by atoms with Gasteiger partial charge in [-0.05, 0) is 40.7 Å². The van der Waals surface area contributed by atoms with E-state index in [9.17, 15) is 0 Å². The highest BCUT2D eigenvalue weighted by molar-refractivity contribution is 9.10. The van der Waals surface area contributed by atoms with Crippen LogP contribution in [0, 0.1) is 0 Å². The number of hydrogen-bond donors (Lipinski definition) is 0. The monoisotopic (exact) mass is 328 g/mol. The normalized spacial score (nSPS) is 11.4. The number of allylic oxidation sites excluding steroid dienone is 1. The smallest absolute Gasteiger partial charge is 0.0256 e. The molecule has 2 aromatic rings. The molecule has 0 amide bonds. The molecule has 0 aliphatic rings. The average molecular weight is 329 g/mol. The van der Waals surface area contributed by atoms with Crippen molar-refractivity contribution < 1.29 is 0 Å². The summed E-state index contributed by atoms with van der Waals surface area (Å²) in [5, 5.41) is 0. The summed E-state index contributed by atoms with van der Waals surface area (Å²) in [6.07, 6.45) is 0. The molecule has 2 aromatic carbocycles. The van der Waals surface area contributed by atoms with Crippen LogP contribution in [0.4, 0.5) is 0 Å². The van der Waals surface area contributed by atoms with Gasteiger partial charge in [-0.25, -0.2) is 0 Å². The van der Waals surface area contributed by atoms with Gasteiger partial charge in [-0.1, -0.05) is 85.3 Å². The number of halogens is 1. The van der Waals surface area contributed by atoms with Crippen LogP contribution < -0.4 is 0 Å². The summed E-state index contributed by atoms with van der Waals surface area (Å²) in [6, 6.07) is 15.2. The van der Waals surface area contributed by atoms with Crippen LogP contribution in [0.2, 0.25) is 0 Å². The molecule has 0 spiro atoms. The minimum atomic E-state index is 0.171. The first-order chi connectivity index (χ1) is 9.29. The zero-order valence-electron chi connectivity index (χ0n) is 12.6. The van der Waals surface area contributed by atoms with Crippen LogP contribution in [0.25, 0.3) is 16.7 Å². The molecule has 104 valence electrons. The summed E-state index contributed by atoms with van der Waals surface area (Å²) in [7, 11) is 0. The molecule has 1 heteroatoms. The highest BCUT2D eigenvalue weighted by atomic mass is 79.9. The van der Waals surface area contributed by atoms with Gasteiger partial charge in [0.05, 0.1) is 0 Å². The lowest BCUT2D eigenvalue weighted by Crippen LogP contribution is -2.10. The van der Waals surface area contributed by atoms with Crippen LogP contribution in [0.3, 0.4) is 0 Å². The van der Waals surface area contributed by atoms with Gasteiger partial charge in [-0.15, -0.1) is 0 Å². The molecule has 0 atom stereocenters. The Bertz CT molecular complexity index is 628. The van der Waals surface area contributed by atoms with Crippen molar-refractivity contribution in [3.05, 3.63) is 64.6 Å². The molecule has 0 saturated heterocycles. The van der Waals surface area contributed by atoms with Crippen molar-refractivity contribution in [1.29, 1.82) is 0 Å². The topological polar surface area (TPSA) is 0 Å². The van der Waals surface area contributed by atoms with E-state index in [0.717, 1.165) is 10.0 Å². The lowest BCUT2D eigenvalue weighted by molar-refractivity contribution is 0.590. The number of benzene rings is 2. The Morgan fingerprint density at radius 1 is 1.00 bits per heavy atom. The second kappa shape index (κ2) is 5.57. The third-order valence-corrected chi connectivity index (χ3v) is 4.18. The van der Waals surface area contributed by atoms with E-state index in [0.29, 0.717) is 0 Å². The Kier molecular flexibility index (Phi) is 4.19. The van der Waals surface area contributed by atoms with Crippen molar-refractivity contribution in [3.8, 4) is 11.1 Å². The molecule has 20 heavy (non-hydrogen) atoms. The maximum absolute atomic E-state index is 3.97. The SMILES string of the molecule is C=C(C)c1ccc(-c2ccc(C(C)(C)C)cc2Br)cc1. The van der Waals surface area contributed by atoms with Gasteiger partial charge in [0.15, 0.2) is 0 Å². The molecule has 0 unspecified atom stereocenters. The fourth-order valence-electron chi connectivity index (χ4n) is 2.15. The largest absolute Gasteiger partial charge is 0.0955 e. The van der Waals surface area contributed by atoms with Gasteiger partial charge in [0.25, 0.3) is 0 Å². The summed E-state index contributed by atoms with van der Waals surface area (Å²) in [4.78, 5) is 0. The van der Waals surface area contributed by atoms with Crippen molar-refractivity contribution in [2.75, 3.05) is 0 Å². The average Bonchev–Trinajstić information content (AvgIpc) is 2.37. The zero-order chi connectivity index (χ0) is 14.9. The molecule has 0 saturated carbocycles. The minimum absolute atomic E-state index is 0.171. The summed E-state index contributed by atoms with van der Waals surface area (Å²) in [5.74, 6) is 0. The van der Waals surface area contributed by atoms with E-state index in [1.54, 1.807) is 0 Å². The molecule has 0 nitrogen and oxygen atoms in total. The van der Waals surface area contributed by atoms with E-state index in [2.05, 4.69) is 85.7 Å². The maximum Gasteiger partial charge on any atom is 0.0256 e. The quantitative estimate of drug-likeness (QED) is 0.594. The van der Waals surface area contributed by atoms with E-state index >= 15 is 0 Å². The van der Waals surface area contributed by atoms with E-state index in [4.69, 9.17) is 0 Å². The molecular formula is C19H21Br. The van der Waals surface area contributed by atoms with Crippen LogP contribution >= 0.6 is 15.9 Å². The molecule has 0 N–H and O–H groups in total. The van der Waals surface area contributed by atoms with Crippen LogP contribution in [0.1, 0.15) is 38.8 Å². The lowest BCUT2D eigenvalue weighted by Gasteiger charge is -2.20. The predicted molar refractivity (Wildman–Crippen MR) is 93.0 cm³/mol. The minimum Gasteiger partial charge on any atom is -0.0955 e. The van der Waals surface area contributed by atoms with Crippen molar-refractivity contribution in [2.45, 2.75) is 33.1 Å². The van der Waals surface area contributed by atoms with Gasteiger partial charge in [-0.2, -0.15) is 0 Å². The first-order valence-corrected chi connectivity index (χ1v) is 7.64. The summed E-state index contributed by atoms with van der Waals surface area (Å²) < 4.78 is 1.15. The number of rotatable bonds is 2. The van der Waals surface area contributed by atoms with Crippen LogP contribution in [-0.4, -0.2) is 0 Å². The highest BCUT2D eigenvalue weighted by Crippen LogP contribution is 2.33. The highest BCUT2D eigenvalue weighted by Gasteiger charge is 2.15. The Morgan fingerprint density at radius 3 is 2.05 bits per heavy atom. The molecule has 0 radical (unpaired) electrons. The van der Waals surface area contributed by atoms with Gasteiger partial charge in [-0.3, -0.25) is 0 Å². The Morgan fingerprint density at radius 2 is 1.60 bits per heavy atom. The van der Waals surface area contributed by atoms with Gasteiger partial charge in [0.1, 0.15) is 0 Å². The Balaban J connectivity index is 2.41. The summed E-state index contributed by atoms with van der Waals surface area (Å²) >= 11 is 3.71. The molecule has 0 aliphatic carbocycles. The Labute approximate surface area is 130 Å². The molecule has 0 fully saturated rings. The molecular weight excluding hydrogens is 308 g/mol. The third kappa shape index (κ3) is 3.21. The molecule has 0 aliphatic heterocycles. The second-order valence-corrected chi connectivity index (χ2v) is 7.16. The first kappa shape index (κ1) is 15.1. The zero-order valence-corrected chi connectivity index (χ0v) is 14.2. The second-order valence-electron chi connectivity index (χ2n) is 6.30. The van der Waals surface area contributed by atoms with Crippen LogP contribution in [0.5, 0.6) is 0 Å². The van der Waals surface area contributed by atoms with E-state index in [-0.39, 0.29) is 5.41 Å².